The third kappa shape index (κ3) is 6.03. The van der Waals surface area contributed by atoms with Crippen LogP contribution >= 0.6 is 0 Å². The Balaban J connectivity index is 1.81. The first-order valence-corrected chi connectivity index (χ1v) is 8.68. The molecule has 3 atom stereocenters. The average molecular weight is 370 g/mol. The van der Waals surface area contributed by atoms with Gasteiger partial charge in [-0.3, -0.25) is 9.59 Å². The highest BCUT2D eigenvalue weighted by atomic mass is 19.1. The number of rotatable bonds is 7. The number of aliphatic hydroxyl groups is 1. The van der Waals surface area contributed by atoms with Crippen LogP contribution in [0, 0.1) is 11.6 Å². The maximum absolute atomic E-state index is 13.1. The highest BCUT2D eigenvalue weighted by molar-refractivity contribution is 5.76. The van der Waals surface area contributed by atoms with Gasteiger partial charge in [0.25, 0.3) is 0 Å². The number of ether oxygens (including phenoxy) is 1. The van der Waals surface area contributed by atoms with Gasteiger partial charge in [-0.1, -0.05) is 6.92 Å². The number of hydrogen-bond donors (Lipinski definition) is 3. The molecule has 144 valence electrons. The van der Waals surface area contributed by atoms with E-state index in [2.05, 4.69) is 10.6 Å². The van der Waals surface area contributed by atoms with Crippen LogP contribution in [0.5, 0.6) is 0 Å². The van der Waals surface area contributed by atoms with Crippen LogP contribution in [0.1, 0.15) is 38.2 Å². The van der Waals surface area contributed by atoms with Crippen LogP contribution < -0.4 is 10.6 Å². The lowest BCUT2D eigenvalue weighted by Gasteiger charge is -2.36. The first-order valence-electron chi connectivity index (χ1n) is 8.68. The lowest BCUT2D eigenvalue weighted by Crippen LogP contribution is -2.51. The predicted molar refractivity (Wildman–Crippen MR) is 90.0 cm³/mol. The summed E-state index contributed by atoms with van der Waals surface area (Å²) >= 11 is 0. The summed E-state index contributed by atoms with van der Waals surface area (Å²) in [6.07, 6.45) is 0.640. The van der Waals surface area contributed by atoms with Gasteiger partial charge in [0.15, 0.2) is 0 Å². The van der Waals surface area contributed by atoms with E-state index >= 15 is 0 Å². The number of amides is 2. The lowest BCUT2D eigenvalue weighted by molar-refractivity contribution is -0.135. The van der Waals surface area contributed by atoms with Gasteiger partial charge in [0, 0.05) is 19.0 Å². The second-order valence-corrected chi connectivity index (χ2v) is 6.34. The molecule has 0 spiro atoms. The van der Waals surface area contributed by atoms with E-state index in [1.807, 2.05) is 0 Å². The van der Waals surface area contributed by atoms with Crippen LogP contribution in [-0.2, 0) is 20.9 Å². The van der Waals surface area contributed by atoms with Gasteiger partial charge < -0.3 is 20.5 Å². The lowest BCUT2D eigenvalue weighted by atomic mass is 9.96. The van der Waals surface area contributed by atoms with E-state index in [-0.39, 0.29) is 43.5 Å². The van der Waals surface area contributed by atoms with Crippen molar-refractivity contribution >= 4 is 11.8 Å². The molecule has 1 aromatic rings. The molecule has 0 radical (unpaired) electrons. The van der Waals surface area contributed by atoms with Crippen molar-refractivity contribution in [1.82, 2.24) is 10.6 Å². The minimum Gasteiger partial charge on any atom is -0.394 e. The van der Waals surface area contributed by atoms with E-state index in [0.717, 1.165) is 18.2 Å². The van der Waals surface area contributed by atoms with Crippen LogP contribution in [-0.4, -0.2) is 41.8 Å². The topological polar surface area (TPSA) is 87.7 Å². The summed E-state index contributed by atoms with van der Waals surface area (Å²) in [6.45, 7) is 1.50. The molecule has 0 aliphatic carbocycles. The molecule has 8 heteroatoms. The molecular weight excluding hydrogens is 346 g/mol. The number of carbonyl (C=O) groups is 2. The van der Waals surface area contributed by atoms with Crippen molar-refractivity contribution in [2.24, 2.45) is 0 Å². The summed E-state index contributed by atoms with van der Waals surface area (Å²) in [5.41, 5.74) is 0.330. The Morgan fingerprint density at radius 2 is 1.88 bits per heavy atom. The van der Waals surface area contributed by atoms with Crippen LogP contribution in [0.4, 0.5) is 8.78 Å². The van der Waals surface area contributed by atoms with E-state index in [1.165, 1.54) is 0 Å². The molecule has 0 saturated carbocycles. The summed E-state index contributed by atoms with van der Waals surface area (Å²) in [4.78, 5) is 23.5. The van der Waals surface area contributed by atoms with Crippen LogP contribution in [0.2, 0.25) is 0 Å². The first-order chi connectivity index (χ1) is 12.4. The van der Waals surface area contributed by atoms with Crippen LogP contribution in [0.25, 0.3) is 0 Å². The summed E-state index contributed by atoms with van der Waals surface area (Å²) in [7, 11) is 0. The second-order valence-electron chi connectivity index (χ2n) is 6.34. The monoisotopic (exact) mass is 370 g/mol. The van der Waals surface area contributed by atoms with E-state index in [4.69, 9.17) is 4.74 Å². The Labute approximate surface area is 150 Å². The van der Waals surface area contributed by atoms with Crippen molar-refractivity contribution in [2.45, 2.75) is 57.4 Å². The summed E-state index contributed by atoms with van der Waals surface area (Å²) in [5, 5.41) is 14.9. The van der Waals surface area contributed by atoms with Gasteiger partial charge in [0.05, 0.1) is 25.2 Å². The Kier molecular flexibility index (Phi) is 7.47. The molecule has 1 aliphatic rings. The first kappa shape index (κ1) is 20.3. The molecule has 3 N–H and O–H groups in total. The number of carbonyl (C=O) groups excluding carboxylic acids is 2. The number of halogens is 2. The smallest absolute Gasteiger partial charge is 0.222 e. The fraction of sp³-hybridized carbons (Fsp3) is 0.556. The van der Waals surface area contributed by atoms with E-state index in [0.29, 0.717) is 24.8 Å². The van der Waals surface area contributed by atoms with Crippen LogP contribution in [0.3, 0.4) is 0 Å². The molecule has 1 fully saturated rings. The van der Waals surface area contributed by atoms with E-state index in [9.17, 15) is 23.5 Å². The molecule has 6 nitrogen and oxygen atoms in total. The zero-order chi connectivity index (χ0) is 19.1. The van der Waals surface area contributed by atoms with Gasteiger partial charge in [-0.2, -0.15) is 0 Å². The largest absolute Gasteiger partial charge is 0.394 e. The highest BCUT2D eigenvalue weighted by Crippen LogP contribution is 2.22. The third-order valence-corrected chi connectivity index (χ3v) is 4.29. The Morgan fingerprint density at radius 1 is 1.19 bits per heavy atom. The molecule has 0 aromatic heterocycles. The second kappa shape index (κ2) is 9.59. The number of nitrogens with one attached hydrogen (secondary N) is 2. The van der Waals surface area contributed by atoms with E-state index in [1.54, 1.807) is 6.92 Å². The van der Waals surface area contributed by atoms with Crippen molar-refractivity contribution in [3.63, 3.8) is 0 Å². The highest BCUT2D eigenvalue weighted by Gasteiger charge is 2.32. The molecule has 2 amide bonds. The molecule has 1 aromatic carbocycles. The maximum Gasteiger partial charge on any atom is 0.222 e. The molecule has 1 saturated heterocycles. The minimum absolute atomic E-state index is 0.0127. The predicted octanol–water partition coefficient (Wildman–Crippen LogP) is 1.41. The number of benzene rings is 1. The zero-order valence-corrected chi connectivity index (χ0v) is 14.6. The molecular formula is C18H24F2N2O4. The molecule has 0 unspecified atom stereocenters. The molecule has 1 heterocycles. The fourth-order valence-electron chi connectivity index (χ4n) is 2.95. The zero-order valence-electron chi connectivity index (χ0n) is 14.6. The maximum atomic E-state index is 13.1. The van der Waals surface area contributed by atoms with Gasteiger partial charge in [-0.15, -0.1) is 0 Å². The Hall–Kier alpha value is -2.06. The normalized spacial score (nSPS) is 22.7. The van der Waals surface area contributed by atoms with Crippen molar-refractivity contribution in [1.29, 1.82) is 0 Å². The summed E-state index contributed by atoms with van der Waals surface area (Å²) in [5.74, 6) is -1.82. The summed E-state index contributed by atoms with van der Waals surface area (Å²) in [6, 6.07) is 2.80. The third-order valence-electron chi connectivity index (χ3n) is 4.29. The molecule has 2 rings (SSSR count). The number of hydrogen-bond acceptors (Lipinski definition) is 4. The van der Waals surface area contributed by atoms with Crippen molar-refractivity contribution in [3.05, 3.63) is 35.4 Å². The minimum atomic E-state index is -0.698. The summed E-state index contributed by atoms with van der Waals surface area (Å²) < 4.78 is 32.0. The standard InChI is InChI=1S/C18H24F2N2O4/c1-2-17(24)22-15-4-3-14(26-16(15)10-23)8-18(25)21-9-11-5-12(19)7-13(20)6-11/h5-7,14-16,23H,2-4,8-10H2,1H3,(H,21,25)(H,22,24)/t14-,15-,16+/m0/s1. The number of aliphatic hydroxyl groups excluding tert-OH is 1. The van der Waals surface area contributed by atoms with Gasteiger partial charge in [0.1, 0.15) is 17.7 Å². The molecule has 1 aliphatic heterocycles. The van der Waals surface area contributed by atoms with Gasteiger partial charge >= 0.3 is 0 Å². The van der Waals surface area contributed by atoms with Gasteiger partial charge in [-0.05, 0) is 30.5 Å². The van der Waals surface area contributed by atoms with Gasteiger partial charge in [-0.25, -0.2) is 8.78 Å². The Morgan fingerprint density at radius 3 is 2.50 bits per heavy atom. The molecule has 26 heavy (non-hydrogen) atoms. The van der Waals surface area contributed by atoms with Gasteiger partial charge in [0.2, 0.25) is 11.8 Å². The Bertz CT molecular complexity index is 621. The van der Waals surface area contributed by atoms with Crippen LogP contribution in [0.15, 0.2) is 18.2 Å². The average Bonchev–Trinajstić information content (AvgIpc) is 2.60. The SMILES string of the molecule is CCC(=O)N[C@H]1CC[C@@H](CC(=O)NCc2cc(F)cc(F)c2)O[C@@H]1CO. The molecule has 0 bridgehead atoms. The van der Waals surface area contributed by atoms with Crippen molar-refractivity contribution in [3.8, 4) is 0 Å². The van der Waals surface area contributed by atoms with E-state index < -0.39 is 17.7 Å². The van der Waals surface area contributed by atoms with Crippen molar-refractivity contribution in [2.75, 3.05) is 6.61 Å². The fourth-order valence-corrected chi connectivity index (χ4v) is 2.95. The quantitative estimate of drug-likeness (QED) is 0.677. The van der Waals surface area contributed by atoms with Crippen molar-refractivity contribution < 1.29 is 28.2 Å².